The van der Waals surface area contributed by atoms with Gasteiger partial charge in [-0.15, -0.1) is 0 Å². The summed E-state index contributed by atoms with van der Waals surface area (Å²) in [7, 11) is 0. The molecule has 3 heteroatoms. The Hall–Kier alpha value is -0.410. The third-order valence-corrected chi connectivity index (χ3v) is 2.97. The summed E-state index contributed by atoms with van der Waals surface area (Å²) in [5.41, 5.74) is -0.190. The van der Waals surface area contributed by atoms with E-state index < -0.39 is 0 Å². The van der Waals surface area contributed by atoms with E-state index in [-0.39, 0.29) is 5.41 Å². The molecule has 0 amide bonds. The fourth-order valence-electron chi connectivity index (χ4n) is 1.91. The summed E-state index contributed by atoms with van der Waals surface area (Å²) in [5, 5.41) is 0. The van der Waals surface area contributed by atoms with Gasteiger partial charge in [0.05, 0.1) is 19.3 Å². The van der Waals surface area contributed by atoms with Gasteiger partial charge in [0.25, 0.3) is 0 Å². The zero-order valence-electron chi connectivity index (χ0n) is 7.83. The van der Waals surface area contributed by atoms with E-state index in [0.29, 0.717) is 12.7 Å². The Morgan fingerprint density at radius 2 is 2.38 bits per heavy atom. The summed E-state index contributed by atoms with van der Waals surface area (Å²) in [6.45, 7) is 2.31. The van der Waals surface area contributed by atoms with Gasteiger partial charge in [-0.05, 0) is 25.7 Å². The van der Waals surface area contributed by atoms with Crippen LogP contribution in [-0.4, -0.2) is 32.2 Å². The second-order valence-electron chi connectivity index (χ2n) is 4.13. The number of carbonyl (C=O) groups is 1. The molecule has 2 rings (SSSR count). The van der Waals surface area contributed by atoms with E-state index in [2.05, 4.69) is 0 Å². The summed E-state index contributed by atoms with van der Waals surface area (Å²) in [5.74, 6) is 0. The van der Waals surface area contributed by atoms with Crippen molar-refractivity contribution in [1.29, 1.82) is 0 Å². The molecule has 0 bridgehead atoms. The molecule has 2 atom stereocenters. The fourth-order valence-corrected chi connectivity index (χ4v) is 1.91. The number of aldehydes is 1. The van der Waals surface area contributed by atoms with Crippen molar-refractivity contribution in [2.45, 2.75) is 31.8 Å². The monoisotopic (exact) mass is 184 g/mol. The molecule has 2 aliphatic rings. The van der Waals surface area contributed by atoms with Crippen LogP contribution in [0.3, 0.4) is 0 Å². The first kappa shape index (κ1) is 9.16. The predicted octanol–water partition coefficient (Wildman–Crippen LogP) is 1.16. The normalized spacial score (nSPS) is 38.6. The van der Waals surface area contributed by atoms with Crippen LogP contribution in [0.25, 0.3) is 0 Å². The van der Waals surface area contributed by atoms with Crippen molar-refractivity contribution in [3.63, 3.8) is 0 Å². The quantitative estimate of drug-likeness (QED) is 0.486. The van der Waals surface area contributed by atoms with Crippen LogP contribution in [0.1, 0.15) is 25.7 Å². The van der Waals surface area contributed by atoms with Gasteiger partial charge in [0.2, 0.25) is 0 Å². The molecular weight excluding hydrogens is 168 g/mol. The van der Waals surface area contributed by atoms with Gasteiger partial charge in [-0.3, -0.25) is 0 Å². The van der Waals surface area contributed by atoms with Crippen molar-refractivity contribution in [2.24, 2.45) is 5.41 Å². The molecule has 0 radical (unpaired) electrons. The standard InChI is InChI=1S/C10H16O3/c11-7-10(3-1-5-12-8-10)4-2-9-6-13-9/h7,9H,1-6,8H2. The van der Waals surface area contributed by atoms with Crippen LogP contribution in [0.2, 0.25) is 0 Å². The predicted molar refractivity (Wildman–Crippen MR) is 47.5 cm³/mol. The molecule has 0 aromatic rings. The highest BCUT2D eigenvalue weighted by atomic mass is 16.6. The molecule has 2 fully saturated rings. The van der Waals surface area contributed by atoms with E-state index >= 15 is 0 Å². The maximum Gasteiger partial charge on any atom is 0.128 e. The van der Waals surface area contributed by atoms with Gasteiger partial charge in [-0.1, -0.05) is 0 Å². The summed E-state index contributed by atoms with van der Waals surface area (Å²) < 4.78 is 10.5. The minimum absolute atomic E-state index is 0.190. The maximum absolute atomic E-state index is 11.0. The van der Waals surface area contributed by atoms with Crippen molar-refractivity contribution >= 4 is 6.29 Å². The highest BCUT2D eigenvalue weighted by molar-refractivity contribution is 5.59. The lowest BCUT2D eigenvalue weighted by atomic mass is 9.79. The van der Waals surface area contributed by atoms with Crippen molar-refractivity contribution < 1.29 is 14.3 Å². The summed E-state index contributed by atoms with van der Waals surface area (Å²) in [6, 6.07) is 0. The first-order valence-electron chi connectivity index (χ1n) is 5.00. The second-order valence-corrected chi connectivity index (χ2v) is 4.13. The average Bonchev–Trinajstić information content (AvgIpc) is 3.00. The molecule has 13 heavy (non-hydrogen) atoms. The lowest BCUT2D eigenvalue weighted by Crippen LogP contribution is -2.33. The Morgan fingerprint density at radius 3 is 2.92 bits per heavy atom. The van der Waals surface area contributed by atoms with Crippen LogP contribution in [0.15, 0.2) is 0 Å². The van der Waals surface area contributed by atoms with Gasteiger partial charge in [0, 0.05) is 12.0 Å². The number of epoxide rings is 1. The molecule has 0 N–H and O–H groups in total. The average molecular weight is 184 g/mol. The van der Waals surface area contributed by atoms with Crippen molar-refractivity contribution in [1.82, 2.24) is 0 Å². The van der Waals surface area contributed by atoms with Crippen molar-refractivity contribution in [2.75, 3.05) is 19.8 Å². The highest BCUT2D eigenvalue weighted by Crippen LogP contribution is 2.33. The summed E-state index contributed by atoms with van der Waals surface area (Å²) >= 11 is 0. The topological polar surface area (TPSA) is 38.8 Å². The van der Waals surface area contributed by atoms with Crippen LogP contribution >= 0.6 is 0 Å². The molecule has 74 valence electrons. The zero-order chi connectivity index (χ0) is 9.15. The van der Waals surface area contributed by atoms with E-state index in [1.54, 1.807) is 0 Å². The first-order valence-corrected chi connectivity index (χ1v) is 5.00. The number of hydrogen-bond donors (Lipinski definition) is 0. The van der Waals surface area contributed by atoms with E-state index in [0.717, 1.165) is 45.2 Å². The Bertz CT molecular complexity index is 181. The summed E-state index contributed by atoms with van der Waals surface area (Å²) in [4.78, 5) is 11.0. The SMILES string of the molecule is O=CC1(CCC2CO2)CCCOC1. The number of rotatable bonds is 4. The van der Waals surface area contributed by atoms with Crippen LogP contribution in [-0.2, 0) is 14.3 Å². The van der Waals surface area contributed by atoms with E-state index in [1.807, 2.05) is 0 Å². The fraction of sp³-hybridized carbons (Fsp3) is 0.900. The van der Waals surface area contributed by atoms with Crippen LogP contribution in [0.5, 0.6) is 0 Å². The molecule has 2 heterocycles. The Kier molecular flexibility index (Phi) is 2.65. The van der Waals surface area contributed by atoms with Gasteiger partial charge in [0.15, 0.2) is 0 Å². The van der Waals surface area contributed by atoms with E-state index in [1.165, 1.54) is 0 Å². The Balaban J connectivity index is 1.84. The second kappa shape index (κ2) is 3.76. The number of carbonyl (C=O) groups excluding carboxylic acids is 1. The third kappa shape index (κ3) is 2.29. The molecule has 0 aromatic heterocycles. The third-order valence-electron chi connectivity index (χ3n) is 2.97. The molecule has 0 saturated carbocycles. The molecule has 0 aliphatic carbocycles. The molecule has 2 unspecified atom stereocenters. The Morgan fingerprint density at radius 1 is 1.54 bits per heavy atom. The largest absolute Gasteiger partial charge is 0.380 e. The maximum atomic E-state index is 11.0. The van der Waals surface area contributed by atoms with Crippen LogP contribution < -0.4 is 0 Å². The van der Waals surface area contributed by atoms with Gasteiger partial charge >= 0.3 is 0 Å². The molecule has 3 nitrogen and oxygen atoms in total. The van der Waals surface area contributed by atoms with Crippen molar-refractivity contribution in [3.8, 4) is 0 Å². The molecule has 2 aliphatic heterocycles. The lowest BCUT2D eigenvalue weighted by Gasteiger charge is -2.31. The van der Waals surface area contributed by atoms with Gasteiger partial charge in [0.1, 0.15) is 6.29 Å². The number of ether oxygens (including phenoxy) is 2. The van der Waals surface area contributed by atoms with E-state index in [9.17, 15) is 4.79 Å². The summed E-state index contributed by atoms with van der Waals surface area (Å²) in [6.07, 6.45) is 5.48. The highest BCUT2D eigenvalue weighted by Gasteiger charge is 2.35. The van der Waals surface area contributed by atoms with E-state index in [4.69, 9.17) is 9.47 Å². The van der Waals surface area contributed by atoms with Crippen LogP contribution in [0, 0.1) is 5.41 Å². The lowest BCUT2D eigenvalue weighted by molar-refractivity contribution is -0.124. The molecular formula is C10H16O3. The smallest absolute Gasteiger partial charge is 0.128 e. The van der Waals surface area contributed by atoms with Gasteiger partial charge in [-0.25, -0.2) is 0 Å². The van der Waals surface area contributed by atoms with Gasteiger partial charge < -0.3 is 14.3 Å². The minimum atomic E-state index is -0.190. The first-order chi connectivity index (χ1) is 6.35. The molecule has 2 saturated heterocycles. The van der Waals surface area contributed by atoms with Crippen LogP contribution in [0.4, 0.5) is 0 Å². The molecule has 0 aromatic carbocycles. The molecule has 0 spiro atoms. The Labute approximate surface area is 78.4 Å². The zero-order valence-corrected chi connectivity index (χ0v) is 7.83. The van der Waals surface area contributed by atoms with Gasteiger partial charge in [-0.2, -0.15) is 0 Å². The number of hydrogen-bond acceptors (Lipinski definition) is 3. The van der Waals surface area contributed by atoms with Crippen molar-refractivity contribution in [3.05, 3.63) is 0 Å². The minimum Gasteiger partial charge on any atom is -0.380 e.